The van der Waals surface area contributed by atoms with Crippen LogP contribution in [0.15, 0.2) is 241 Å². The summed E-state index contributed by atoms with van der Waals surface area (Å²) in [6, 6.07) is 85.7. The maximum Gasteiger partial charge on any atom is 0.136 e. The molecule has 0 bridgehead atoms. The van der Waals surface area contributed by atoms with E-state index in [1.165, 1.54) is 49.0 Å². The average Bonchev–Trinajstić information content (AvgIpc) is 3.72. The Kier molecular flexibility index (Phi) is 8.53. The van der Waals surface area contributed by atoms with Crippen molar-refractivity contribution in [1.29, 1.82) is 0 Å². The van der Waals surface area contributed by atoms with Crippen molar-refractivity contribution in [2.45, 2.75) is 0 Å². The number of hydrogen-bond donors (Lipinski definition) is 0. The van der Waals surface area contributed by atoms with Gasteiger partial charge < -0.3 is 9.32 Å². The summed E-state index contributed by atoms with van der Waals surface area (Å²) >= 11 is 0. The summed E-state index contributed by atoms with van der Waals surface area (Å²) in [7, 11) is 0. The average molecular weight is 790 g/mol. The Bertz CT molecular complexity index is 3620. The molecule has 0 atom stereocenters. The molecule has 0 N–H and O–H groups in total. The van der Waals surface area contributed by atoms with Gasteiger partial charge in [0.1, 0.15) is 11.2 Å². The minimum Gasteiger partial charge on any atom is -0.456 e. The summed E-state index contributed by atoms with van der Waals surface area (Å²) in [4.78, 5) is 2.42. The number of hydrogen-bond acceptors (Lipinski definition) is 2. The van der Waals surface area contributed by atoms with Crippen LogP contribution in [0.4, 0.5) is 17.1 Å². The molecule has 290 valence electrons. The van der Waals surface area contributed by atoms with Gasteiger partial charge in [-0.15, -0.1) is 0 Å². The zero-order valence-corrected chi connectivity index (χ0v) is 33.9. The summed E-state index contributed by atoms with van der Waals surface area (Å²) in [6.45, 7) is 0. The van der Waals surface area contributed by atoms with Crippen LogP contribution in [0, 0.1) is 0 Å². The first-order valence-electron chi connectivity index (χ1n) is 21.2. The van der Waals surface area contributed by atoms with Gasteiger partial charge in [0.25, 0.3) is 0 Å². The molecule has 0 spiro atoms. The maximum atomic E-state index is 6.30. The molecule has 1 heterocycles. The fraction of sp³-hybridized carbons (Fsp3) is 0. The Labute approximate surface area is 360 Å². The maximum absolute atomic E-state index is 6.30. The fourth-order valence-electron chi connectivity index (χ4n) is 9.35. The third kappa shape index (κ3) is 6.20. The predicted molar refractivity (Wildman–Crippen MR) is 263 cm³/mol. The Balaban J connectivity index is 1.02. The first-order chi connectivity index (χ1) is 30.7. The second-order valence-corrected chi connectivity index (χ2v) is 16.1. The van der Waals surface area contributed by atoms with E-state index < -0.39 is 0 Å². The van der Waals surface area contributed by atoms with E-state index in [1.54, 1.807) is 0 Å². The first kappa shape index (κ1) is 35.7. The van der Waals surface area contributed by atoms with Gasteiger partial charge >= 0.3 is 0 Å². The lowest BCUT2D eigenvalue weighted by molar-refractivity contribution is 0.669. The van der Waals surface area contributed by atoms with Gasteiger partial charge in [-0.25, -0.2) is 0 Å². The van der Waals surface area contributed by atoms with Gasteiger partial charge in [-0.05, 0) is 132 Å². The molecule has 0 aliphatic heterocycles. The second-order valence-electron chi connectivity index (χ2n) is 16.1. The van der Waals surface area contributed by atoms with Crippen LogP contribution >= 0.6 is 0 Å². The third-order valence-electron chi connectivity index (χ3n) is 12.4. The quantitative estimate of drug-likeness (QED) is 0.150. The number of benzene rings is 11. The van der Waals surface area contributed by atoms with Crippen LogP contribution in [-0.4, -0.2) is 0 Å². The zero-order valence-electron chi connectivity index (χ0n) is 33.9. The molecule has 0 amide bonds. The highest BCUT2D eigenvalue weighted by Gasteiger charge is 2.20. The van der Waals surface area contributed by atoms with Crippen molar-refractivity contribution in [1.82, 2.24) is 0 Å². The minimum atomic E-state index is 0.895. The van der Waals surface area contributed by atoms with Crippen molar-refractivity contribution in [2.75, 3.05) is 4.90 Å². The summed E-state index contributed by atoms with van der Waals surface area (Å²) in [6.07, 6.45) is 0. The Morgan fingerprint density at radius 3 is 1.58 bits per heavy atom. The van der Waals surface area contributed by atoms with Gasteiger partial charge in [-0.2, -0.15) is 0 Å². The molecule has 0 aliphatic rings. The van der Waals surface area contributed by atoms with E-state index in [0.29, 0.717) is 0 Å². The van der Waals surface area contributed by atoms with E-state index >= 15 is 0 Å². The van der Waals surface area contributed by atoms with E-state index in [4.69, 9.17) is 4.42 Å². The number of anilines is 3. The molecule has 1 aromatic heterocycles. The SMILES string of the molecule is c1ccc(-c2ccc(-c3ccc4ccccc4c3)cc2N(c2ccc(-c3ccc4c(c3)oc3ccccc34)cc2)c2ccc(-c3cc4ccccc4c4ccccc34)cc2)cc1. The fourth-order valence-corrected chi connectivity index (χ4v) is 9.35. The topological polar surface area (TPSA) is 16.4 Å². The molecule has 12 rings (SSSR count). The van der Waals surface area contributed by atoms with Gasteiger partial charge in [-0.3, -0.25) is 0 Å². The second kappa shape index (κ2) is 14.8. The van der Waals surface area contributed by atoms with Gasteiger partial charge in [0, 0.05) is 27.7 Å². The van der Waals surface area contributed by atoms with Crippen LogP contribution < -0.4 is 4.90 Å². The molecular formula is C60H39NO. The standard InChI is InChI=1S/C60H39NO/c1-2-13-42(14-3-1)52-34-28-46(45-23-22-40-12-4-5-15-44(40)36-45)38-58(52)61(49-30-24-41(25-31-49)47-29-35-56-55-20-10-11-21-59(55)62-60(56)39-47)50-32-26-43(27-33-50)57-37-48-16-6-7-17-51(48)53-18-8-9-19-54(53)57/h1-39H. The van der Waals surface area contributed by atoms with E-state index in [9.17, 15) is 0 Å². The van der Waals surface area contributed by atoms with E-state index in [2.05, 4.69) is 229 Å². The summed E-state index contributed by atoms with van der Waals surface area (Å²) < 4.78 is 6.30. The van der Waals surface area contributed by atoms with Crippen molar-refractivity contribution in [3.05, 3.63) is 237 Å². The molecule has 0 saturated carbocycles. The highest BCUT2D eigenvalue weighted by Crippen LogP contribution is 2.45. The molecular weight excluding hydrogens is 751 g/mol. The molecule has 0 unspecified atom stereocenters. The number of furan rings is 1. The predicted octanol–water partition coefficient (Wildman–Crippen LogP) is 17.2. The third-order valence-corrected chi connectivity index (χ3v) is 12.4. The normalized spacial score (nSPS) is 11.5. The van der Waals surface area contributed by atoms with Crippen LogP contribution in [-0.2, 0) is 0 Å². The smallest absolute Gasteiger partial charge is 0.136 e. The molecule has 0 radical (unpaired) electrons. The molecule has 11 aromatic carbocycles. The van der Waals surface area contributed by atoms with Crippen molar-refractivity contribution in [2.24, 2.45) is 0 Å². The molecule has 0 fully saturated rings. The van der Waals surface area contributed by atoms with Crippen LogP contribution in [0.2, 0.25) is 0 Å². The molecule has 12 aromatic rings. The van der Waals surface area contributed by atoms with Crippen LogP contribution in [0.1, 0.15) is 0 Å². The molecule has 2 heteroatoms. The van der Waals surface area contributed by atoms with Crippen molar-refractivity contribution >= 4 is 71.3 Å². The monoisotopic (exact) mass is 789 g/mol. The molecule has 62 heavy (non-hydrogen) atoms. The number of nitrogens with zero attached hydrogens (tertiary/aromatic N) is 1. The number of rotatable bonds is 7. The highest BCUT2D eigenvalue weighted by atomic mass is 16.3. The van der Waals surface area contributed by atoms with Gasteiger partial charge in [-0.1, -0.05) is 176 Å². The van der Waals surface area contributed by atoms with Crippen molar-refractivity contribution < 1.29 is 4.42 Å². The molecule has 2 nitrogen and oxygen atoms in total. The van der Waals surface area contributed by atoms with Gasteiger partial charge in [0.2, 0.25) is 0 Å². The lowest BCUT2D eigenvalue weighted by atomic mass is 9.93. The van der Waals surface area contributed by atoms with Crippen molar-refractivity contribution in [3.8, 4) is 44.5 Å². The van der Waals surface area contributed by atoms with Gasteiger partial charge in [0.15, 0.2) is 0 Å². The van der Waals surface area contributed by atoms with E-state index in [-0.39, 0.29) is 0 Å². The van der Waals surface area contributed by atoms with E-state index in [0.717, 1.165) is 66.8 Å². The molecule has 0 aliphatic carbocycles. The first-order valence-corrected chi connectivity index (χ1v) is 21.2. The summed E-state index contributed by atoms with van der Waals surface area (Å²) in [5.41, 5.74) is 14.3. The zero-order chi connectivity index (χ0) is 41.0. The van der Waals surface area contributed by atoms with Crippen LogP contribution in [0.5, 0.6) is 0 Å². The molecule has 0 saturated heterocycles. The Hall–Kier alpha value is -8.20. The van der Waals surface area contributed by atoms with Gasteiger partial charge in [0.05, 0.1) is 5.69 Å². The van der Waals surface area contributed by atoms with Crippen LogP contribution in [0.3, 0.4) is 0 Å². The minimum absolute atomic E-state index is 0.895. The number of para-hydroxylation sites is 1. The number of fused-ring (bicyclic) bond motifs is 7. The van der Waals surface area contributed by atoms with Crippen LogP contribution in [0.25, 0.3) is 98.8 Å². The Morgan fingerprint density at radius 1 is 0.258 bits per heavy atom. The van der Waals surface area contributed by atoms with E-state index in [1.807, 2.05) is 12.1 Å². The summed E-state index contributed by atoms with van der Waals surface area (Å²) in [5.74, 6) is 0. The highest BCUT2D eigenvalue weighted by molar-refractivity contribution is 6.14. The Morgan fingerprint density at radius 2 is 0.790 bits per heavy atom. The summed E-state index contributed by atoms with van der Waals surface area (Å²) in [5, 5.41) is 9.76. The lowest BCUT2D eigenvalue weighted by Gasteiger charge is -2.29. The lowest BCUT2D eigenvalue weighted by Crippen LogP contribution is -2.11. The van der Waals surface area contributed by atoms with Crippen molar-refractivity contribution in [3.63, 3.8) is 0 Å². The largest absolute Gasteiger partial charge is 0.456 e.